The molecule has 2 aliphatic rings. The van der Waals surface area contributed by atoms with Crippen LogP contribution in [-0.4, -0.2) is 92.4 Å². The highest BCUT2D eigenvalue weighted by Gasteiger charge is 2.42. The average Bonchev–Trinajstić information content (AvgIpc) is 3.61. The summed E-state index contributed by atoms with van der Waals surface area (Å²) in [7, 11) is 4.72. The standard InChI is InChI=1S/C36H45N5O4/c1-5-41-30-15-10-9-14-29(30)37-35(41)39-19-11-18-38(22-23-39)20-16-36(28-12-7-6-8-13-28)17-21-40(26-36)34(42)27-24-31(43-2)33(45-4)32(25-27)44-3/h6-10,12-15,24-25H,5,11,16-23,26H2,1-4H3. The number of para-hydroxylation sites is 2. The Morgan fingerprint density at radius 3 is 2.31 bits per heavy atom. The predicted molar refractivity (Wildman–Crippen MR) is 178 cm³/mol. The van der Waals surface area contributed by atoms with Gasteiger partial charge in [-0.3, -0.25) is 4.79 Å². The molecular formula is C36H45N5O4. The molecule has 1 aromatic heterocycles. The third kappa shape index (κ3) is 6.06. The molecule has 0 N–H and O–H groups in total. The van der Waals surface area contributed by atoms with Gasteiger partial charge in [0.25, 0.3) is 5.91 Å². The zero-order valence-electron chi connectivity index (χ0n) is 27.0. The van der Waals surface area contributed by atoms with E-state index < -0.39 is 0 Å². The van der Waals surface area contributed by atoms with E-state index in [1.165, 1.54) is 11.1 Å². The smallest absolute Gasteiger partial charge is 0.254 e. The number of likely N-dealkylation sites (tertiary alicyclic amines) is 1. The van der Waals surface area contributed by atoms with E-state index in [1.54, 1.807) is 33.5 Å². The molecule has 0 aliphatic carbocycles. The van der Waals surface area contributed by atoms with E-state index in [1.807, 2.05) is 4.90 Å². The lowest BCUT2D eigenvalue weighted by molar-refractivity contribution is 0.0780. The Balaban J connectivity index is 1.17. The molecule has 9 heteroatoms. The zero-order valence-corrected chi connectivity index (χ0v) is 27.0. The van der Waals surface area contributed by atoms with Crippen LogP contribution in [0.5, 0.6) is 17.2 Å². The van der Waals surface area contributed by atoms with Gasteiger partial charge in [0, 0.05) is 50.2 Å². The van der Waals surface area contributed by atoms with Crippen LogP contribution < -0.4 is 19.1 Å². The molecule has 9 nitrogen and oxygen atoms in total. The normalized spacial score (nSPS) is 19.1. The molecule has 2 saturated heterocycles. The number of aromatic nitrogens is 2. The van der Waals surface area contributed by atoms with Crippen molar-refractivity contribution < 1.29 is 19.0 Å². The summed E-state index contributed by atoms with van der Waals surface area (Å²) in [6.07, 6.45) is 3.01. The van der Waals surface area contributed by atoms with Gasteiger partial charge in [0.05, 0.1) is 32.4 Å². The number of imidazole rings is 1. The third-order valence-electron chi connectivity index (χ3n) is 9.67. The van der Waals surface area contributed by atoms with Gasteiger partial charge in [-0.05, 0) is 69.1 Å². The first-order valence-electron chi connectivity index (χ1n) is 16.1. The minimum absolute atomic E-state index is 0.0173. The van der Waals surface area contributed by atoms with Gasteiger partial charge in [-0.1, -0.05) is 42.5 Å². The maximum absolute atomic E-state index is 13.9. The molecule has 1 atom stereocenters. The molecular weight excluding hydrogens is 566 g/mol. The molecule has 238 valence electrons. The van der Waals surface area contributed by atoms with Gasteiger partial charge in [0.15, 0.2) is 11.5 Å². The van der Waals surface area contributed by atoms with Crippen molar-refractivity contribution >= 4 is 22.9 Å². The lowest BCUT2D eigenvalue weighted by Gasteiger charge is -2.33. The average molecular weight is 612 g/mol. The Morgan fingerprint density at radius 2 is 1.60 bits per heavy atom. The van der Waals surface area contributed by atoms with Crippen LogP contribution in [0.25, 0.3) is 11.0 Å². The number of rotatable bonds is 10. The van der Waals surface area contributed by atoms with Crippen LogP contribution in [-0.2, 0) is 12.0 Å². The number of benzene rings is 3. The lowest BCUT2D eigenvalue weighted by Crippen LogP contribution is -2.39. The van der Waals surface area contributed by atoms with Gasteiger partial charge in [-0.2, -0.15) is 0 Å². The summed E-state index contributed by atoms with van der Waals surface area (Å²) in [5.41, 5.74) is 4.00. The fourth-order valence-corrected chi connectivity index (χ4v) is 7.19. The molecule has 45 heavy (non-hydrogen) atoms. The van der Waals surface area contributed by atoms with Crippen LogP contribution in [0.4, 0.5) is 5.95 Å². The largest absolute Gasteiger partial charge is 0.493 e. The quantitative estimate of drug-likeness (QED) is 0.236. The summed E-state index contributed by atoms with van der Waals surface area (Å²) in [6.45, 7) is 9.46. The number of methoxy groups -OCH3 is 3. The van der Waals surface area contributed by atoms with Crippen molar-refractivity contribution in [3.8, 4) is 17.2 Å². The van der Waals surface area contributed by atoms with E-state index in [4.69, 9.17) is 19.2 Å². The molecule has 2 fully saturated rings. The van der Waals surface area contributed by atoms with Crippen molar-refractivity contribution in [1.82, 2.24) is 19.4 Å². The number of carbonyl (C=O) groups excluding carboxylic acids is 1. The molecule has 3 heterocycles. The highest BCUT2D eigenvalue weighted by atomic mass is 16.5. The molecule has 2 aliphatic heterocycles. The number of fused-ring (bicyclic) bond motifs is 1. The predicted octanol–water partition coefficient (Wildman–Crippen LogP) is 5.47. The first-order valence-corrected chi connectivity index (χ1v) is 16.1. The van der Waals surface area contributed by atoms with Gasteiger partial charge >= 0.3 is 0 Å². The summed E-state index contributed by atoms with van der Waals surface area (Å²) >= 11 is 0. The summed E-state index contributed by atoms with van der Waals surface area (Å²) in [5, 5.41) is 0. The van der Waals surface area contributed by atoms with Crippen LogP contribution in [0.3, 0.4) is 0 Å². The second-order valence-electron chi connectivity index (χ2n) is 12.1. The monoisotopic (exact) mass is 611 g/mol. The highest BCUT2D eigenvalue weighted by molar-refractivity contribution is 5.96. The lowest BCUT2D eigenvalue weighted by atomic mass is 9.76. The Hall–Kier alpha value is -4.24. The number of ether oxygens (including phenoxy) is 3. The number of aryl methyl sites for hydroxylation is 1. The second kappa shape index (κ2) is 13.4. The maximum Gasteiger partial charge on any atom is 0.254 e. The van der Waals surface area contributed by atoms with Crippen LogP contribution in [0.15, 0.2) is 66.7 Å². The Morgan fingerprint density at radius 1 is 0.867 bits per heavy atom. The van der Waals surface area contributed by atoms with Crippen molar-refractivity contribution in [2.75, 3.05) is 72.0 Å². The van der Waals surface area contributed by atoms with Gasteiger partial charge in [0.2, 0.25) is 11.7 Å². The first kappa shape index (κ1) is 30.8. The van der Waals surface area contributed by atoms with Crippen molar-refractivity contribution in [3.63, 3.8) is 0 Å². The van der Waals surface area contributed by atoms with Gasteiger partial charge in [-0.15, -0.1) is 0 Å². The van der Waals surface area contributed by atoms with E-state index in [0.29, 0.717) is 35.9 Å². The summed E-state index contributed by atoms with van der Waals surface area (Å²) in [6, 6.07) is 22.7. The third-order valence-corrected chi connectivity index (χ3v) is 9.67. The molecule has 1 unspecified atom stereocenters. The minimum atomic E-state index is -0.111. The van der Waals surface area contributed by atoms with E-state index in [9.17, 15) is 4.79 Å². The van der Waals surface area contributed by atoms with Crippen LogP contribution >= 0.6 is 0 Å². The fraction of sp³-hybridized carbons (Fsp3) is 0.444. The van der Waals surface area contributed by atoms with Crippen LogP contribution in [0.1, 0.15) is 42.1 Å². The molecule has 0 bridgehead atoms. The fourth-order valence-electron chi connectivity index (χ4n) is 7.19. The van der Waals surface area contributed by atoms with Crippen molar-refractivity contribution in [2.24, 2.45) is 0 Å². The van der Waals surface area contributed by atoms with Crippen molar-refractivity contribution in [3.05, 3.63) is 77.9 Å². The number of amides is 1. The van der Waals surface area contributed by atoms with Crippen molar-refractivity contribution in [1.29, 1.82) is 0 Å². The number of carbonyl (C=O) groups is 1. The number of nitrogens with zero attached hydrogens (tertiary/aromatic N) is 5. The molecule has 4 aromatic rings. The van der Waals surface area contributed by atoms with Gasteiger partial charge < -0.3 is 33.5 Å². The van der Waals surface area contributed by atoms with Gasteiger partial charge in [0.1, 0.15) is 0 Å². The summed E-state index contributed by atoms with van der Waals surface area (Å²) in [5.74, 6) is 2.52. The second-order valence-corrected chi connectivity index (χ2v) is 12.1. The van der Waals surface area contributed by atoms with Crippen LogP contribution in [0.2, 0.25) is 0 Å². The highest BCUT2D eigenvalue weighted by Crippen LogP contribution is 2.41. The maximum atomic E-state index is 13.9. The topological polar surface area (TPSA) is 72.3 Å². The van der Waals surface area contributed by atoms with Gasteiger partial charge in [-0.25, -0.2) is 4.98 Å². The van der Waals surface area contributed by atoms with E-state index >= 15 is 0 Å². The molecule has 3 aromatic carbocycles. The number of hydrogen-bond acceptors (Lipinski definition) is 7. The van der Waals surface area contributed by atoms with E-state index in [-0.39, 0.29) is 11.3 Å². The van der Waals surface area contributed by atoms with Crippen molar-refractivity contribution in [2.45, 2.75) is 38.1 Å². The number of hydrogen-bond donors (Lipinski definition) is 0. The molecule has 1 amide bonds. The first-order chi connectivity index (χ1) is 22.0. The van der Waals surface area contributed by atoms with Crippen LogP contribution in [0, 0.1) is 0 Å². The zero-order chi connectivity index (χ0) is 31.4. The molecule has 0 spiro atoms. The Bertz CT molecular complexity index is 1600. The molecule has 0 radical (unpaired) electrons. The molecule has 6 rings (SSSR count). The Kier molecular flexibility index (Phi) is 9.16. The Labute approximate surface area is 266 Å². The number of anilines is 1. The minimum Gasteiger partial charge on any atom is -0.493 e. The summed E-state index contributed by atoms with van der Waals surface area (Å²) < 4.78 is 18.9. The summed E-state index contributed by atoms with van der Waals surface area (Å²) in [4.78, 5) is 26.0. The van der Waals surface area contributed by atoms with E-state index in [2.05, 4.69) is 75.9 Å². The SMILES string of the molecule is CCn1c(N2CCCN(CCC3(c4ccccc4)CCN(C(=O)c4cc(OC)c(OC)c(OC)c4)C3)CC2)nc2ccccc21. The van der Waals surface area contributed by atoms with E-state index in [0.717, 1.165) is 70.0 Å². The molecule has 0 saturated carbocycles.